The standard InChI is InChI=1S/C32H38N4O7/c1-34(2)14-15-8-7-9-16(10-15)18-13-21(35(3)4)19-11-17-12-20-25(36(5)6)28(39)24(31(33)42)30(41)32(20,43)29(40)22(17)27(38)23(19)26(18)37/h7-10,13,17,20,25,37,39-40,43H,11-12,14H2,1-6H3,(H2,33,42). The number of hydrogen-bond donors (Lipinski definition) is 5. The summed E-state index contributed by atoms with van der Waals surface area (Å²) in [6.45, 7) is 0.667. The maximum Gasteiger partial charge on any atom is 0.255 e. The van der Waals surface area contributed by atoms with Gasteiger partial charge in [-0.3, -0.25) is 19.3 Å². The van der Waals surface area contributed by atoms with Crippen LogP contribution < -0.4 is 10.6 Å². The summed E-state index contributed by atoms with van der Waals surface area (Å²) in [6.07, 6.45) is 0.254. The monoisotopic (exact) mass is 590 g/mol. The number of nitrogens with zero attached hydrogens (tertiary/aromatic N) is 3. The second-order valence-electron chi connectivity index (χ2n) is 12.4. The first-order valence-corrected chi connectivity index (χ1v) is 14.1. The maximum absolute atomic E-state index is 14.3. The van der Waals surface area contributed by atoms with E-state index in [1.54, 1.807) is 14.1 Å². The van der Waals surface area contributed by atoms with Gasteiger partial charge in [-0.05, 0) is 75.8 Å². The average molecular weight is 591 g/mol. The predicted octanol–water partition coefficient (Wildman–Crippen LogP) is 1.92. The van der Waals surface area contributed by atoms with Crippen LogP contribution in [0.4, 0.5) is 5.69 Å². The zero-order valence-electron chi connectivity index (χ0n) is 25.2. The van der Waals surface area contributed by atoms with Gasteiger partial charge < -0.3 is 36.0 Å². The lowest BCUT2D eigenvalue weighted by Gasteiger charge is -2.50. The van der Waals surface area contributed by atoms with E-state index < -0.39 is 58.0 Å². The van der Waals surface area contributed by atoms with Crippen LogP contribution in [0.5, 0.6) is 5.75 Å². The minimum Gasteiger partial charge on any atom is -0.510 e. The SMILES string of the molecule is CN(C)Cc1cccc(-c2cc(N(C)C)c3c(c2O)C(=O)C2=C(O)C4(O)C(=O)C(C(N)=O)=C(O)C(N(C)C)C4CC2C3)c1. The molecule has 2 aromatic carbocycles. The molecule has 6 N–H and O–H groups in total. The first kappa shape index (κ1) is 30.3. The van der Waals surface area contributed by atoms with Crippen LogP contribution in [-0.2, 0) is 22.6 Å². The van der Waals surface area contributed by atoms with E-state index >= 15 is 0 Å². The molecule has 2 aromatic rings. The molecule has 4 atom stereocenters. The highest BCUT2D eigenvalue weighted by Crippen LogP contribution is 2.54. The number of phenols is 1. The van der Waals surface area contributed by atoms with Gasteiger partial charge in [0, 0.05) is 43.4 Å². The van der Waals surface area contributed by atoms with Gasteiger partial charge in [0.2, 0.25) is 5.78 Å². The van der Waals surface area contributed by atoms with Crippen LogP contribution in [0.25, 0.3) is 11.1 Å². The van der Waals surface area contributed by atoms with Crippen molar-refractivity contribution in [2.45, 2.75) is 31.0 Å². The zero-order valence-corrected chi connectivity index (χ0v) is 25.2. The lowest BCUT2D eigenvalue weighted by Crippen LogP contribution is -2.63. The Labute approximate surface area is 250 Å². The van der Waals surface area contributed by atoms with E-state index in [1.807, 2.05) is 68.3 Å². The summed E-state index contributed by atoms with van der Waals surface area (Å²) in [5.74, 6) is -6.68. The molecule has 0 heterocycles. The predicted molar refractivity (Wildman–Crippen MR) is 161 cm³/mol. The number of carbonyl (C=O) groups is 3. The van der Waals surface area contributed by atoms with E-state index in [-0.39, 0.29) is 29.7 Å². The third-order valence-corrected chi connectivity index (χ3v) is 8.92. The van der Waals surface area contributed by atoms with Gasteiger partial charge >= 0.3 is 0 Å². The van der Waals surface area contributed by atoms with Crippen LogP contribution in [-0.4, -0.2) is 102 Å². The highest BCUT2D eigenvalue weighted by Gasteiger charge is 2.63. The molecule has 11 nitrogen and oxygen atoms in total. The summed E-state index contributed by atoms with van der Waals surface area (Å²) in [7, 11) is 10.8. The van der Waals surface area contributed by atoms with Crippen molar-refractivity contribution in [1.29, 1.82) is 0 Å². The van der Waals surface area contributed by atoms with Gasteiger partial charge in [-0.25, -0.2) is 0 Å². The maximum atomic E-state index is 14.3. The molecule has 0 bridgehead atoms. The van der Waals surface area contributed by atoms with Crippen LogP contribution in [0.1, 0.15) is 27.9 Å². The minimum absolute atomic E-state index is 0.0139. The third kappa shape index (κ3) is 4.50. The number of Topliss-reactive ketones (excluding diaryl/α,β-unsaturated/α-hetero) is 2. The molecule has 4 unspecified atom stereocenters. The van der Waals surface area contributed by atoms with Gasteiger partial charge in [-0.15, -0.1) is 0 Å². The highest BCUT2D eigenvalue weighted by atomic mass is 16.3. The molecule has 0 saturated heterocycles. The highest BCUT2D eigenvalue weighted by molar-refractivity contribution is 6.25. The lowest BCUT2D eigenvalue weighted by molar-refractivity contribution is -0.148. The van der Waals surface area contributed by atoms with E-state index in [2.05, 4.69) is 0 Å². The summed E-state index contributed by atoms with van der Waals surface area (Å²) in [5, 5.41) is 46.1. The number of phenolic OH excluding ortho intramolecular Hbond substituents is 1. The molecule has 228 valence electrons. The number of hydrogen-bond acceptors (Lipinski definition) is 10. The zero-order chi connectivity index (χ0) is 31.7. The summed E-state index contributed by atoms with van der Waals surface area (Å²) in [6, 6.07) is 8.42. The van der Waals surface area contributed by atoms with Gasteiger partial charge in [0.05, 0.1) is 11.6 Å². The second-order valence-corrected chi connectivity index (χ2v) is 12.4. The fourth-order valence-electron chi connectivity index (χ4n) is 7.12. The molecular weight excluding hydrogens is 552 g/mol. The second kappa shape index (κ2) is 10.5. The molecule has 0 aromatic heterocycles. The lowest BCUT2D eigenvalue weighted by atomic mass is 9.58. The van der Waals surface area contributed by atoms with Gasteiger partial charge in [-0.2, -0.15) is 0 Å². The van der Waals surface area contributed by atoms with Gasteiger partial charge in [-0.1, -0.05) is 18.2 Å². The van der Waals surface area contributed by atoms with Gasteiger partial charge in [0.1, 0.15) is 22.8 Å². The van der Waals surface area contributed by atoms with Crippen molar-refractivity contribution in [3.8, 4) is 16.9 Å². The van der Waals surface area contributed by atoms with Crippen molar-refractivity contribution >= 4 is 23.2 Å². The van der Waals surface area contributed by atoms with Crippen LogP contribution in [0, 0.1) is 11.8 Å². The fourth-order valence-corrected chi connectivity index (χ4v) is 7.12. The molecule has 0 aliphatic heterocycles. The molecule has 1 amide bonds. The first-order valence-electron chi connectivity index (χ1n) is 14.1. The number of allylic oxidation sites excluding steroid dienone is 1. The Morgan fingerprint density at radius 2 is 1.72 bits per heavy atom. The Bertz CT molecular complexity index is 1620. The summed E-state index contributed by atoms with van der Waals surface area (Å²) in [5.41, 5.74) is 5.13. The topological polar surface area (TPSA) is 168 Å². The number of primary amides is 1. The Morgan fingerprint density at radius 3 is 2.30 bits per heavy atom. The van der Waals surface area contributed by atoms with E-state index in [0.29, 0.717) is 28.9 Å². The van der Waals surface area contributed by atoms with Crippen molar-refractivity contribution in [3.63, 3.8) is 0 Å². The van der Waals surface area contributed by atoms with Crippen LogP contribution in [0.3, 0.4) is 0 Å². The van der Waals surface area contributed by atoms with Crippen molar-refractivity contribution in [2.24, 2.45) is 17.6 Å². The molecule has 0 fully saturated rings. The van der Waals surface area contributed by atoms with E-state index in [9.17, 15) is 34.8 Å². The van der Waals surface area contributed by atoms with E-state index in [1.165, 1.54) is 4.90 Å². The quantitative estimate of drug-likeness (QED) is 0.314. The number of carbonyl (C=O) groups excluding carboxylic acids is 3. The molecule has 43 heavy (non-hydrogen) atoms. The molecular formula is C32H38N4O7. The molecule has 11 heteroatoms. The summed E-state index contributed by atoms with van der Waals surface area (Å²) in [4.78, 5) is 45.5. The Balaban J connectivity index is 1.73. The number of likely N-dealkylation sites (N-methyl/N-ethyl adjacent to an activating group) is 1. The number of aromatic hydroxyl groups is 1. The number of benzene rings is 2. The summed E-state index contributed by atoms with van der Waals surface area (Å²) < 4.78 is 0. The van der Waals surface area contributed by atoms with Crippen LogP contribution >= 0.6 is 0 Å². The fraction of sp³-hybridized carbons (Fsp3) is 0.406. The number of nitrogens with two attached hydrogens (primary N) is 1. The number of ketones is 2. The van der Waals surface area contributed by atoms with Crippen LogP contribution in [0.2, 0.25) is 0 Å². The van der Waals surface area contributed by atoms with Crippen molar-refractivity contribution in [2.75, 3.05) is 47.2 Å². The normalized spacial score (nSPS) is 25.2. The smallest absolute Gasteiger partial charge is 0.255 e. The van der Waals surface area contributed by atoms with E-state index in [0.717, 1.165) is 5.56 Å². The number of amides is 1. The summed E-state index contributed by atoms with van der Waals surface area (Å²) >= 11 is 0. The molecule has 0 radical (unpaired) electrons. The van der Waals surface area contributed by atoms with Crippen molar-refractivity contribution in [3.05, 3.63) is 69.7 Å². The van der Waals surface area contributed by atoms with Gasteiger partial charge in [0.15, 0.2) is 11.4 Å². The van der Waals surface area contributed by atoms with Crippen LogP contribution in [0.15, 0.2) is 53.0 Å². The number of rotatable bonds is 6. The minimum atomic E-state index is -2.68. The van der Waals surface area contributed by atoms with E-state index in [4.69, 9.17) is 5.73 Å². The molecule has 3 aliphatic carbocycles. The number of anilines is 1. The molecule has 0 saturated carbocycles. The van der Waals surface area contributed by atoms with Crippen molar-refractivity contribution in [1.82, 2.24) is 9.80 Å². The van der Waals surface area contributed by atoms with Crippen molar-refractivity contribution < 1.29 is 34.8 Å². The Hall–Kier alpha value is -4.19. The molecule has 5 rings (SSSR count). The number of fused-ring (bicyclic) bond motifs is 3. The Kier molecular flexibility index (Phi) is 7.40. The molecule has 3 aliphatic rings. The Morgan fingerprint density at radius 1 is 1.05 bits per heavy atom. The van der Waals surface area contributed by atoms with Gasteiger partial charge in [0.25, 0.3) is 5.91 Å². The third-order valence-electron chi connectivity index (χ3n) is 8.92. The largest absolute Gasteiger partial charge is 0.510 e. The molecule has 0 spiro atoms. The number of aliphatic hydroxyl groups excluding tert-OH is 2. The average Bonchev–Trinajstić information content (AvgIpc) is 2.90. The first-order chi connectivity index (χ1) is 20.1. The number of aliphatic hydroxyl groups is 3.